The number of amides is 2. The molecule has 5 nitrogen and oxygen atoms in total. The van der Waals surface area contributed by atoms with E-state index in [1.165, 1.54) is 16.7 Å². The molecule has 0 unspecified atom stereocenters. The molecule has 1 aliphatic rings. The molecule has 2 amide bonds. The highest BCUT2D eigenvalue weighted by Gasteiger charge is 2.40. The summed E-state index contributed by atoms with van der Waals surface area (Å²) >= 11 is 13.3. The van der Waals surface area contributed by atoms with Gasteiger partial charge in [0.2, 0.25) is 5.91 Å². The van der Waals surface area contributed by atoms with Gasteiger partial charge in [-0.05, 0) is 48.4 Å². The zero-order valence-corrected chi connectivity index (χ0v) is 19.5. The van der Waals surface area contributed by atoms with Gasteiger partial charge in [0.05, 0.1) is 15.3 Å². The van der Waals surface area contributed by atoms with Crippen LogP contribution < -0.4 is 10.2 Å². The average molecular weight is 494 g/mol. The third-order valence-corrected chi connectivity index (χ3v) is 6.96. The number of rotatable bonds is 5. The SMILES string of the molecule is N#C/C(C(=O)Nc1ccccc1)=C1/S[C@H](Cc2ccc(Cl)c(Cl)c2)C(=O)N1c1ccccc1. The van der Waals surface area contributed by atoms with Crippen LogP contribution in [0.4, 0.5) is 11.4 Å². The number of thioether (sulfide) groups is 1. The molecule has 0 aliphatic carbocycles. The van der Waals surface area contributed by atoms with E-state index in [-0.39, 0.29) is 11.5 Å². The summed E-state index contributed by atoms with van der Waals surface area (Å²) in [6.07, 6.45) is 0.367. The number of para-hydroxylation sites is 2. The van der Waals surface area contributed by atoms with Gasteiger partial charge >= 0.3 is 0 Å². The Kier molecular flexibility index (Phi) is 7.05. The largest absolute Gasteiger partial charge is 0.321 e. The molecular formula is C25H17Cl2N3O2S. The highest BCUT2D eigenvalue weighted by molar-refractivity contribution is 8.05. The Balaban J connectivity index is 1.71. The summed E-state index contributed by atoms with van der Waals surface area (Å²) in [4.78, 5) is 27.9. The van der Waals surface area contributed by atoms with E-state index in [1.54, 1.807) is 60.7 Å². The van der Waals surface area contributed by atoms with Gasteiger partial charge in [-0.3, -0.25) is 14.5 Å². The first kappa shape index (κ1) is 22.9. The van der Waals surface area contributed by atoms with Gasteiger partial charge in [0.25, 0.3) is 5.91 Å². The van der Waals surface area contributed by atoms with E-state index in [9.17, 15) is 14.9 Å². The van der Waals surface area contributed by atoms with Crippen LogP contribution in [-0.2, 0) is 16.0 Å². The van der Waals surface area contributed by atoms with Gasteiger partial charge in [-0.1, -0.05) is 77.4 Å². The Labute approximate surface area is 205 Å². The number of anilines is 2. The zero-order chi connectivity index (χ0) is 23.4. The van der Waals surface area contributed by atoms with Crippen molar-refractivity contribution in [3.05, 3.63) is 105 Å². The van der Waals surface area contributed by atoms with Gasteiger partial charge in [0.1, 0.15) is 16.7 Å². The molecule has 3 aromatic carbocycles. The normalized spacial score (nSPS) is 16.9. The number of carbonyl (C=O) groups is 2. The van der Waals surface area contributed by atoms with E-state index in [0.717, 1.165) is 5.56 Å². The Morgan fingerprint density at radius 2 is 1.67 bits per heavy atom. The van der Waals surface area contributed by atoms with Gasteiger partial charge in [0.15, 0.2) is 0 Å². The summed E-state index contributed by atoms with van der Waals surface area (Å²) in [6.45, 7) is 0. The number of halogens is 2. The maximum atomic E-state index is 13.4. The Hall–Kier alpha value is -3.24. The van der Waals surface area contributed by atoms with E-state index in [4.69, 9.17) is 23.2 Å². The number of nitriles is 1. The third-order valence-electron chi connectivity index (χ3n) is 4.96. The van der Waals surface area contributed by atoms with E-state index >= 15 is 0 Å². The lowest BCUT2D eigenvalue weighted by molar-refractivity contribution is -0.117. The molecule has 0 bridgehead atoms. The lowest BCUT2D eigenvalue weighted by Gasteiger charge is -2.18. The van der Waals surface area contributed by atoms with E-state index < -0.39 is 11.2 Å². The van der Waals surface area contributed by atoms with Crippen LogP contribution in [0.15, 0.2) is 89.5 Å². The van der Waals surface area contributed by atoms with E-state index in [0.29, 0.717) is 32.9 Å². The maximum absolute atomic E-state index is 13.4. The molecule has 1 heterocycles. The molecule has 4 rings (SSSR count). The van der Waals surface area contributed by atoms with Gasteiger partial charge in [-0.15, -0.1) is 0 Å². The fraction of sp³-hybridized carbons (Fsp3) is 0.0800. The quantitative estimate of drug-likeness (QED) is 0.346. The lowest BCUT2D eigenvalue weighted by atomic mass is 10.1. The van der Waals surface area contributed by atoms with Crippen molar-refractivity contribution in [2.75, 3.05) is 10.2 Å². The van der Waals surface area contributed by atoms with Crippen LogP contribution in [0.1, 0.15) is 5.56 Å². The molecule has 33 heavy (non-hydrogen) atoms. The van der Waals surface area contributed by atoms with Crippen molar-refractivity contribution in [1.29, 1.82) is 5.26 Å². The predicted octanol–water partition coefficient (Wildman–Crippen LogP) is 6.06. The molecular weight excluding hydrogens is 477 g/mol. The second-order valence-corrected chi connectivity index (χ2v) is 9.19. The number of hydrogen-bond acceptors (Lipinski definition) is 4. The van der Waals surface area contributed by atoms with Crippen LogP contribution in [0.25, 0.3) is 0 Å². The minimum Gasteiger partial charge on any atom is -0.321 e. The summed E-state index contributed by atoms with van der Waals surface area (Å²) in [7, 11) is 0. The molecule has 1 saturated heterocycles. The molecule has 0 spiro atoms. The van der Waals surface area contributed by atoms with Crippen molar-refractivity contribution in [1.82, 2.24) is 0 Å². The third kappa shape index (κ3) is 5.07. The van der Waals surface area contributed by atoms with Crippen LogP contribution >= 0.6 is 35.0 Å². The fourth-order valence-electron chi connectivity index (χ4n) is 3.39. The first-order chi connectivity index (χ1) is 16.0. The van der Waals surface area contributed by atoms with Crippen molar-refractivity contribution in [2.45, 2.75) is 11.7 Å². The Bertz CT molecular complexity index is 1270. The lowest BCUT2D eigenvalue weighted by Crippen LogP contribution is -2.30. The summed E-state index contributed by atoms with van der Waals surface area (Å²) in [6, 6.07) is 25.0. The minimum absolute atomic E-state index is 0.127. The maximum Gasteiger partial charge on any atom is 0.269 e. The van der Waals surface area contributed by atoms with Crippen molar-refractivity contribution in [3.63, 3.8) is 0 Å². The monoisotopic (exact) mass is 493 g/mol. The Morgan fingerprint density at radius 1 is 1.00 bits per heavy atom. The Morgan fingerprint density at radius 3 is 2.30 bits per heavy atom. The van der Waals surface area contributed by atoms with Gasteiger partial charge < -0.3 is 5.32 Å². The van der Waals surface area contributed by atoms with Gasteiger partial charge in [0, 0.05) is 11.4 Å². The molecule has 0 saturated carbocycles. The zero-order valence-electron chi connectivity index (χ0n) is 17.2. The summed E-state index contributed by atoms with van der Waals surface area (Å²) in [5.41, 5.74) is 1.85. The van der Waals surface area contributed by atoms with Crippen molar-refractivity contribution < 1.29 is 9.59 Å². The topological polar surface area (TPSA) is 73.2 Å². The molecule has 1 fully saturated rings. The highest BCUT2D eigenvalue weighted by Crippen LogP contribution is 2.42. The highest BCUT2D eigenvalue weighted by atomic mass is 35.5. The summed E-state index contributed by atoms with van der Waals surface area (Å²) in [5, 5.41) is 13.2. The van der Waals surface area contributed by atoms with Crippen LogP contribution in [0.5, 0.6) is 0 Å². The van der Waals surface area contributed by atoms with Crippen LogP contribution in [0, 0.1) is 11.3 Å². The molecule has 1 aliphatic heterocycles. The standard InChI is InChI=1S/C25H17Cl2N3O2S/c26-20-12-11-16(13-21(20)27)14-22-24(32)30(18-9-5-2-6-10-18)25(33-22)19(15-28)23(31)29-17-7-3-1-4-8-17/h1-13,22H,14H2,(H,29,31)/b25-19-/t22-/m1/s1. The van der Waals surface area contributed by atoms with Crippen LogP contribution in [0.2, 0.25) is 10.0 Å². The first-order valence-electron chi connectivity index (χ1n) is 9.98. The van der Waals surface area contributed by atoms with Crippen molar-refractivity contribution in [3.8, 4) is 6.07 Å². The summed E-state index contributed by atoms with van der Waals surface area (Å²) < 4.78 is 0. The number of carbonyl (C=O) groups excluding carboxylic acids is 2. The number of nitrogens with one attached hydrogen (secondary N) is 1. The van der Waals surface area contributed by atoms with Crippen LogP contribution in [0.3, 0.4) is 0 Å². The molecule has 164 valence electrons. The number of benzene rings is 3. The average Bonchev–Trinajstić information content (AvgIpc) is 3.13. The number of nitrogens with zero attached hydrogens (tertiary/aromatic N) is 2. The molecule has 0 radical (unpaired) electrons. The molecule has 1 N–H and O–H groups in total. The molecule has 3 aromatic rings. The molecule has 1 atom stereocenters. The van der Waals surface area contributed by atoms with E-state index in [1.807, 2.05) is 24.3 Å². The molecule has 0 aromatic heterocycles. The van der Waals surface area contributed by atoms with Crippen molar-refractivity contribution >= 4 is 58.2 Å². The molecule has 8 heteroatoms. The second kappa shape index (κ2) is 10.1. The number of hydrogen-bond donors (Lipinski definition) is 1. The predicted molar refractivity (Wildman–Crippen MR) is 133 cm³/mol. The van der Waals surface area contributed by atoms with E-state index in [2.05, 4.69) is 5.32 Å². The van der Waals surface area contributed by atoms with Gasteiger partial charge in [-0.2, -0.15) is 5.26 Å². The second-order valence-electron chi connectivity index (χ2n) is 7.18. The van der Waals surface area contributed by atoms with Crippen molar-refractivity contribution in [2.24, 2.45) is 0 Å². The van der Waals surface area contributed by atoms with Gasteiger partial charge in [-0.25, -0.2) is 0 Å². The minimum atomic E-state index is -0.574. The van der Waals surface area contributed by atoms with Crippen LogP contribution in [-0.4, -0.2) is 17.1 Å². The summed E-state index contributed by atoms with van der Waals surface area (Å²) in [5.74, 6) is -0.789. The fourth-order valence-corrected chi connectivity index (χ4v) is 5.02. The first-order valence-corrected chi connectivity index (χ1v) is 11.6. The smallest absolute Gasteiger partial charge is 0.269 e.